The molecule has 1 heterocycles. The van der Waals surface area contributed by atoms with Gasteiger partial charge in [-0.3, -0.25) is 9.59 Å². The van der Waals surface area contributed by atoms with E-state index in [1.54, 1.807) is 12.1 Å². The summed E-state index contributed by atoms with van der Waals surface area (Å²) >= 11 is 0. The second kappa shape index (κ2) is 6.66. The Morgan fingerprint density at radius 3 is 2.56 bits per heavy atom. The van der Waals surface area contributed by atoms with Crippen LogP contribution in [0.4, 0.5) is 5.69 Å². The predicted octanol–water partition coefficient (Wildman–Crippen LogP) is 4.03. The third-order valence-corrected chi connectivity index (χ3v) is 10.8. The quantitative estimate of drug-likeness (QED) is 0.619. The normalized spacial score (nSPS) is 49.6. The number of carbonyl (C=O) groups is 2. The Morgan fingerprint density at radius 2 is 1.75 bits per heavy atom. The number of rotatable bonds is 1. The fourth-order valence-electron chi connectivity index (χ4n) is 9.03. The molecule has 4 saturated carbocycles. The number of aliphatic hydroxyl groups is 2. The molecule has 0 spiro atoms. The van der Waals surface area contributed by atoms with E-state index in [4.69, 9.17) is 0 Å². The number of ketones is 1. The Labute approximate surface area is 190 Å². The number of amides is 1. The highest BCUT2D eigenvalue weighted by molar-refractivity contribution is 6.09. The van der Waals surface area contributed by atoms with Gasteiger partial charge < -0.3 is 15.5 Å². The van der Waals surface area contributed by atoms with Gasteiger partial charge >= 0.3 is 0 Å². The summed E-state index contributed by atoms with van der Waals surface area (Å²) in [6, 6.07) is 7.25. The molecule has 4 aliphatic carbocycles. The molecule has 1 aromatic rings. The molecular formula is C27H35NO4. The first-order valence-corrected chi connectivity index (χ1v) is 12.6. The number of carbonyl (C=O) groups excluding carboxylic acids is 2. The third-order valence-electron chi connectivity index (χ3n) is 10.8. The van der Waals surface area contributed by atoms with Crippen LogP contribution in [0.5, 0.6) is 0 Å². The summed E-state index contributed by atoms with van der Waals surface area (Å²) < 4.78 is 0. The largest absolute Gasteiger partial charge is 0.393 e. The lowest BCUT2D eigenvalue weighted by Crippen LogP contribution is -2.54. The van der Waals surface area contributed by atoms with Crippen LogP contribution < -0.4 is 5.32 Å². The van der Waals surface area contributed by atoms with Crippen molar-refractivity contribution in [2.24, 2.45) is 40.4 Å². The van der Waals surface area contributed by atoms with Gasteiger partial charge in [-0.2, -0.15) is 0 Å². The van der Waals surface area contributed by atoms with Gasteiger partial charge in [0.25, 0.3) is 5.91 Å². The van der Waals surface area contributed by atoms with Gasteiger partial charge in [-0.15, -0.1) is 0 Å². The van der Waals surface area contributed by atoms with Crippen molar-refractivity contribution in [2.45, 2.75) is 76.9 Å². The van der Waals surface area contributed by atoms with Crippen LogP contribution in [0.25, 0.3) is 0 Å². The topological polar surface area (TPSA) is 86.6 Å². The molecule has 1 aliphatic heterocycles. The van der Waals surface area contributed by atoms with Crippen LogP contribution in [-0.4, -0.2) is 28.0 Å². The minimum atomic E-state index is -1.76. The number of hydrogen-bond acceptors (Lipinski definition) is 4. The zero-order valence-electron chi connectivity index (χ0n) is 19.1. The fourth-order valence-corrected chi connectivity index (χ4v) is 9.03. The molecule has 5 heteroatoms. The molecule has 0 bridgehead atoms. The monoisotopic (exact) mass is 437 g/mol. The molecule has 1 amide bonds. The number of aliphatic hydroxyl groups excluding tert-OH is 1. The molecule has 5 aliphatic rings. The van der Waals surface area contributed by atoms with Crippen molar-refractivity contribution in [3.63, 3.8) is 0 Å². The molecule has 32 heavy (non-hydrogen) atoms. The Hall–Kier alpha value is -1.72. The molecule has 0 aromatic heterocycles. The molecule has 1 aromatic carbocycles. The lowest BCUT2D eigenvalue weighted by atomic mass is 9.45. The molecule has 9 atom stereocenters. The Kier molecular flexibility index (Phi) is 4.34. The zero-order valence-corrected chi connectivity index (χ0v) is 19.1. The summed E-state index contributed by atoms with van der Waals surface area (Å²) in [5, 5.41) is 24.8. The highest BCUT2D eigenvalue weighted by atomic mass is 16.3. The lowest BCUT2D eigenvalue weighted by molar-refractivity contribution is -0.151. The zero-order chi connectivity index (χ0) is 22.5. The van der Waals surface area contributed by atoms with Crippen molar-refractivity contribution >= 4 is 17.4 Å². The number of benzene rings is 1. The first-order chi connectivity index (χ1) is 15.2. The van der Waals surface area contributed by atoms with Crippen molar-refractivity contribution in [2.75, 3.05) is 5.32 Å². The van der Waals surface area contributed by atoms with E-state index in [0.29, 0.717) is 35.4 Å². The summed E-state index contributed by atoms with van der Waals surface area (Å²) in [7, 11) is 0. The predicted molar refractivity (Wildman–Crippen MR) is 121 cm³/mol. The smallest absolute Gasteiger partial charge is 0.261 e. The van der Waals surface area contributed by atoms with E-state index in [-0.39, 0.29) is 23.2 Å². The third kappa shape index (κ3) is 2.47. The lowest BCUT2D eigenvalue weighted by Gasteiger charge is -2.60. The van der Waals surface area contributed by atoms with Crippen LogP contribution in [0.1, 0.15) is 70.8 Å². The van der Waals surface area contributed by atoms with Crippen LogP contribution in [-0.2, 0) is 15.2 Å². The molecule has 0 unspecified atom stereocenters. The van der Waals surface area contributed by atoms with Crippen LogP contribution in [0.15, 0.2) is 24.3 Å². The first-order valence-electron chi connectivity index (χ1n) is 12.6. The maximum Gasteiger partial charge on any atom is 0.261 e. The van der Waals surface area contributed by atoms with E-state index in [1.165, 1.54) is 0 Å². The summed E-state index contributed by atoms with van der Waals surface area (Å²) in [6.07, 6.45) is 7.41. The number of hydrogen-bond donors (Lipinski definition) is 3. The van der Waals surface area contributed by atoms with E-state index < -0.39 is 22.8 Å². The highest BCUT2D eigenvalue weighted by Crippen LogP contribution is 2.67. The summed E-state index contributed by atoms with van der Waals surface area (Å²) in [5.41, 5.74) is -0.812. The second-order valence-electron chi connectivity index (χ2n) is 12.0. The van der Waals surface area contributed by atoms with Crippen molar-refractivity contribution in [1.82, 2.24) is 0 Å². The average molecular weight is 438 g/mol. The van der Waals surface area contributed by atoms with E-state index in [0.717, 1.165) is 44.9 Å². The molecule has 172 valence electrons. The van der Waals surface area contributed by atoms with Crippen molar-refractivity contribution < 1.29 is 19.8 Å². The molecule has 0 saturated heterocycles. The number of nitrogens with one attached hydrogen (secondary N) is 1. The van der Waals surface area contributed by atoms with Crippen molar-refractivity contribution in [1.29, 1.82) is 0 Å². The SMILES string of the molecule is C[C@]12CC[C@H](O)C[C@@H]1CC[C@@H]1[C@@H]2CC[C@]2(C)C(=O)[C@H]([C@]3(O)C(=O)Nc4ccccc43)C[C@@H]12. The van der Waals surface area contributed by atoms with Gasteiger partial charge in [-0.25, -0.2) is 0 Å². The van der Waals surface area contributed by atoms with Gasteiger partial charge in [0.2, 0.25) is 0 Å². The fraction of sp³-hybridized carbons (Fsp3) is 0.704. The molecule has 4 fully saturated rings. The molecule has 6 rings (SSSR count). The average Bonchev–Trinajstić information content (AvgIpc) is 3.20. The number of Topliss-reactive ketones (excluding diaryl/α,β-unsaturated/α-hetero) is 1. The molecule has 5 nitrogen and oxygen atoms in total. The standard InChI is InChI=1S/C27H35NO4/c1-25-11-9-16(29)13-15(25)7-8-17-18(25)10-12-26(2)20(17)14-21(23(26)30)27(32)19-5-3-4-6-22(19)28-24(27)31/h3-6,15-18,20-21,29,32H,7-14H2,1-2H3,(H,28,31)/t15-,16-,17+,18-,20-,21+,25-,26-,27-/m0/s1. The summed E-state index contributed by atoms with van der Waals surface area (Å²) in [5.74, 6) is 0.766. The van der Waals surface area contributed by atoms with Gasteiger partial charge in [0.05, 0.1) is 12.0 Å². The van der Waals surface area contributed by atoms with Gasteiger partial charge in [0.15, 0.2) is 5.60 Å². The molecular weight excluding hydrogens is 402 g/mol. The van der Waals surface area contributed by atoms with Gasteiger partial charge in [0.1, 0.15) is 5.78 Å². The van der Waals surface area contributed by atoms with Gasteiger partial charge in [-0.05, 0) is 86.5 Å². The van der Waals surface area contributed by atoms with Crippen molar-refractivity contribution in [3.05, 3.63) is 29.8 Å². The van der Waals surface area contributed by atoms with E-state index in [1.807, 2.05) is 12.1 Å². The number of para-hydroxylation sites is 1. The minimum absolute atomic E-state index is 0.0849. The Balaban J connectivity index is 1.35. The van der Waals surface area contributed by atoms with Crippen LogP contribution in [0.3, 0.4) is 0 Å². The van der Waals surface area contributed by atoms with E-state index in [9.17, 15) is 19.8 Å². The maximum absolute atomic E-state index is 13.9. The van der Waals surface area contributed by atoms with E-state index >= 15 is 0 Å². The number of anilines is 1. The maximum atomic E-state index is 13.9. The van der Waals surface area contributed by atoms with Crippen LogP contribution >= 0.6 is 0 Å². The molecule has 3 N–H and O–H groups in total. The minimum Gasteiger partial charge on any atom is -0.393 e. The number of fused-ring (bicyclic) bond motifs is 6. The van der Waals surface area contributed by atoms with Gasteiger partial charge in [-0.1, -0.05) is 32.0 Å². The van der Waals surface area contributed by atoms with Gasteiger partial charge in [0, 0.05) is 16.7 Å². The van der Waals surface area contributed by atoms with Crippen molar-refractivity contribution in [3.8, 4) is 0 Å². The Morgan fingerprint density at radius 1 is 0.969 bits per heavy atom. The summed E-state index contributed by atoms with van der Waals surface area (Å²) in [4.78, 5) is 26.9. The first kappa shape index (κ1) is 20.9. The summed E-state index contributed by atoms with van der Waals surface area (Å²) in [6.45, 7) is 4.54. The molecule has 0 radical (unpaired) electrons. The Bertz CT molecular complexity index is 992. The van der Waals surface area contributed by atoms with E-state index in [2.05, 4.69) is 19.2 Å². The second-order valence-corrected chi connectivity index (χ2v) is 12.0. The highest BCUT2D eigenvalue weighted by Gasteiger charge is 2.67. The van der Waals surface area contributed by atoms with Crippen LogP contribution in [0.2, 0.25) is 0 Å². The van der Waals surface area contributed by atoms with Crippen LogP contribution in [0, 0.1) is 40.4 Å².